The van der Waals surface area contributed by atoms with E-state index < -0.39 is 30.9 Å². The maximum absolute atomic E-state index is 12.2. The summed E-state index contributed by atoms with van der Waals surface area (Å²) in [5, 5.41) is 29.4. The van der Waals surface area contributed by atoms with Crippen molar-refractivity contribution in [2.24, 2.45) is 5.92 Å². The van der Waals surface area contributed by atoms with Crippen LogP contribution in [0.5, 0.6) is 0 Å². The van der Waals surface area contributed by atoms with Crippen molar-refractivity contribution in [3.05, 3.63) is 72.9 Å². The van der Waals surface area contributed by atoms with Crippen LogP contribution in [0.25, 0.3) is 0 Å². The zero-order valence-corrected chi connectivity index (χ0v) is 33.9. The largest absolute Gasteiger partial charge is 0.462 e. The van der Waals surface area contributed by atoms with Gasteiger partial charge in [0.2, 0.25) is 0 Å². The molecule has 0 unspecified atom stereocenters. The van der Waals surface area contributed by atoms with Crippen LogP contribution in [0.15, 0.2) is 72.9 Å². The minimum absolute atomic E-state index is 0.154. The first-order valence-corrected chi connectivity index (χ1v) is 21.1. The van der Waals surface area contributed by atoms with Gasteiger partial charge in [0.25, 0.3) is 0 Å². The summed E-state index contributed by atoms with van der Waals surface area (Å²) in [5.41, 5.74) is 0. The number of unbranched alkanes of at least 4 members (excludes halogenated alkanes) is 15. The van der Waals surface area contributed by atoms with Crippen molar-refractivity contribution < 1.29 is 34.4 Å². The van der Waals surface area contributed by atoms with E-state index in [0.717, 1.165) is 38.0 Å². The summed E-state index contributed by atoms with van der Waals surface area (Å²) in [7, 11) is 0. The van der Waals surface area contributed by atoms with Crippen molar-refractivity contribution >= 4 is 11.9 Å². The molecule has 0 aliphatic carbocycles. The number of aliphatic hydroxyl groups excluding tert-OH is 3. The molecule has 53 heavy (non-hydrogen) atoms. The van der Waals surface area contributed by atoms with Gasteiger partial charge in [-0.2, -0.15) is 0 Å². The summed E-state index contributed by atoms with van der Waals surface area (Å²) in [5.74, 6) is 0.0668. The SMILES string of the molecule is CC/C=C\C[C@@H](O)/C=C/C=C\C/C=C\C=C\[C@@H](O)/C=C\CCCC(=O)OC[C@H](CO)OC(=O)CCCCCCCCCCCCCCCCCC(C)C. The third kappa shape index (κ3) is 38.8. The van der Waals surface area contributed by atoms with Gasteiger partial charge in [-0.1, -0.05) is 190 Å². The van der Waals surface area contributed by atoms with Crippen LogP contribution in [0.4, 0.5) is 0 Å². The Bertz CT molecular complexity index is 1020. The minimum atomic E-state index is -0.845. The monoisotopic (exact) mass is 743 g/mol. The van der Waals surface area contributed by atoms with Crippen LogP contribution >= 0.6 is 0 Å². The number of carbonyl (C=O) groups excluding carboxylic acids is 2. The topological polar surface area (TPSA) is 113 Å². The summed E-state index contributed by atoms with van der Waals surface area (Å²) >= 11 is 0. The fraction of sp³-hybridized carbons (Fsp3) is 0.696. The van der Waals surface area contributed by atoms with Crippen LogP contribution in [0.1, 0.15) is 168 Å². The number of ether oxygens (including phenoxy) is 2. The van der Waals surface area contributed by atoms with Crippen LogP contribution in [0, 0.1) is 5.92 Å². The van der Waals surface area contributed by atoms with Crippen LogP contribution < -0.4 is 0 Å². The molecule has 3 N–H and O–H groups in total. The van der Waals surface area contributed by atoms with Crippen molar-refractivity contribution in [1.29, 1.82) is 0 Å². The third-order valence-electron chi connectivity index (χ3n) is 8.87. The van der Waals surface area contributed by atoms with Crippen LogP contribution in [0.2, 0.25) is 0 Å². The van der Waals surface area contributed by atoms with Crippen molar-refractivity contribution in [3.8, 4) is 0 Å². The van der Waals surface area contributed by atoms with Gasteiger partial charge in [-0.25, -0.2) is 0 Å². The summed E-state index contributed by atoms with van der Waals surface area (Å²) in [6.07, 6.45) is 44.7. The lowest BCUT2D eigenvalue weighted by molar-refractivity contribution is -0.161. The number of esters is 2. The van der Waals surface area contributed by atoms with Gasteiger partial charge in [0.05, 0.1) is 18.8 Å². The molecule has 0 radical (unpaired) electrons. The standard InChI is InChI=1S/C46H78O7/c1-4-5-25-33-42(48)34-27-21-17-15-18-22-28-35-43(49)36-29-24-31-37-45(50)52-40-44(39-47)53-46(51)38-30-23-19-14-12-10-8-6-7-9-11-13-16-20-26-32-41(2)3/h5,17-18,21-22,25,27-29,34-36,41-44,47-49H,4,6-16,19-20,23-24,26,30-33,37-40H2,1-3H3/b21-17-,22-18-,25-5-,34-27+,35-28+,36-29-/t42-,43-,44+/m1/s1. The molecule has 0 fully saturated rings. The van der Waals surface area contributed by atoms with E-state index in [4.69, 9.17) is 9.47 Å². The quantitative estimate of drug-likeness (QED) is 0.0253. The Labute approximate surface area is 324 Å². The summed E-state index contributed by atoms with van der Waals surface area (Å²) in [6.45, 7) is 6.14. The molecule has 0 aliphatic heterocycles. The maximum Gasteiger partial charge on any atom is 0.306 e. The van der Waals surface area contributed by atoms with E-state index >= 15 is 0 Å². The number of hydrogen-bond donors (Lipinski definition) is 3. The maximum atomic E-state index is 12.2. The van der Waals surface area contributed by atoms with Crippen LogP contribution in [-0.2, 0) is 19.1 Å². The zero-order chi connectivity index (χ0) is 39.0. The van der Waals surface area contributed by atoms with Crippen molar-refractivity contribution in [2.45, 2.75) is 187 Å². The van der Waals surface area contributed by atoms with Gasteiger partial charge in [0.1, 0.15) is 6.61 Å². The minimum Gasteiger partial charge on any atom is -0.462 e. The molecule has 0 aromatic heterocycles. The first-order valence-electron chi connectivity index (χ1n) is 21.1. The van der Waals surface area contributed by atoms with Crippen molar-refractivity contribution in [2.75, 3.05) is 13.2 Å². The second kappa shape index (κ2) is 39.0. The Morgan fingerprint density at radius 2 is 1.15 bits per heavy atom. The van der Waals surface area contributed by atoms with Gasteiger partial charge in [-0.3, -0.25) is 9.59 Å². The smallest absolute Gasteiger partial charge is 0.306 e. The lowest BCUT2D eigenvalue weighted by atomic mass is 10.0. The van der Waals surface area contributed by atoms with E-state index in [1.807, 2.05) is 48.6 Å². The molecule has 0 heterocycles. The zero-order valence-electron chi connectivity index (χ0n) is 33.9. The van der Waals surface area contributed by atoms with E-state index in [1.165, 1.54) is 83.5 Å². The summed E-state index contributed by atoms with van der Waals surface area (Å²) in [6, 6.07) is 0. The molecule has 0 aromatic carbocycles. The highest BCUT2D eigenvalue weighted by molar-refractivity contribution is 5.70. The van der Waals surface area contributed by atoms with E-state index in [9.17, 15) is 24.9 Å². The van der Waals surface area contributed by atoms with E-state index in [1.54, 1.807) is 24.3 Å². The van der Waals surface area contributed by atoms with Gasteiger partial charge < -0.3 is 24.8 Å². The number of rotatable bonds is 36. The molecule has 0 spiro atoms. The predicted molar refractivity (Wildman–Crippen MR) is 221 cm³/mol. The molecule has 0 aromatic rings. The molecule has 7 nitrogen and oxygen atoms in total. The number of aliphatic hydroxyl groups is 3. The predicted octanol–water partition coefficient (Wildman–Crippen LogP) is 11.1. The number of allylic oxidation sites excluding steroid dienone is 8. The lowest BCUT2D eigenvalue weighted by Gasteiger charge is -2.15. The van der Waals surface area contributed by atoms with Crippen LogP contribution in [-0.4, -0.2) is 58.8 Å². The Morgan fingerprint density at radius 1 is 0.604 bits per heavy atom. The van der Waals surface area contributed by atoms with E-state index in [0.29, 0.717) is 25.7 Å². The normalized spacial score (nSPS) is 14.2. The highest BCUT2D eigenvalue weighted by atomic mass is 16.6. The second-order valence-electron chi connectivity index (χ2n) is 14.6. The molecule has 0 saturated carbocycles. The lowest BCUT2D eigenvalue weighted by Crippen LogP contribution is -2.28. The average molecular weight is 743 g/mol. The van der Waals surface area contributed by atoms with Crippen LogP contribution in [0.3, 0.4) is 0 Å². The highest BCUT2D eigenvalue weighted by Crippen LogP contribution is 2.15. The molecule has 0 aliphatic rings. The van der Waals surface area contributed by atoms with Crippen molar-refractivity contribution in [1.82, 2.24) is 0 Å². The van der Waals surface area contributed by atoms with Gasteiger partial charge in [0.15, 0.2) is 6.10 Å². The highest BCUT2D eigenvalue weighted by Gasteiger charge is 2.16. The fourth-order valence-electron chi connectivity index (χ4n) is 5.66. The Morgan fingerprint density at radius 3 is 1.72 bits per heavy atom. The first kappa shape index (κ1) is 50.3. The van der Waals surface area contributed by atoms with Gasteiger partial charge in [0, 0.05) is 12.8 Å². The molecule has 0 bridgehead atoms. The fourth-order valence-corrected chi connectivity index (χ4v) is 5.66. The Hall–Kier alpha value is -2.74. The molecule has 7 heteroatoms. The third-order valence-corrected chi connectivity index (χ3v) is 8.87. The molecule has 0 rings (SSSR count). The van der Waals surface area contributed by atoms with Gasteiger partial charge in [-0.05, 0) is 44.4 Å². The summed E-state index contributed by atoms with van der Waals surface area (Å²) in [4.78, 5) is 24.3. The van der Waals surface area contributed by atoms with Crippen molar-refractivity contribution in [3.63, 3.8) is 0 Å². The second-order valence-corrected chi connectivity index (χ2v) is 14.6. The molecule has 0 saturated heterocycles. The molecular formula is C46H78O7. The molecule has 304 valence electrons. The molecular weight excluding hydrogens is 664 g/mol. The van der Waals surface area contributed by atoms with Gasteiger partial charge in [-0.15, -0.1) is 0 Å². The number of hydrogen-bond acceptors (Lipinski definition) is 7. The summed E-state index contributed by atoms with van der Waals surface area (Å²) < 4.78 is 10.5. The van der Waals surface area contributed by atoms with E-state index in [-0.39, 0.29) is 19.0 Å². The Balaban J connectivity index is 3.80. The number of carbonyl (C=O) groups is 2. The average Bonchev–Trinajstić information content (AvgIpc) is 3.13. The Kier molecular flexibility index (Phi) is 37.0. The van der Waals surface area contributed by atoms with Gasteiger partial charge >= 0.3 is 11.9 Å². The first-order chi connectivity index (χ1) is 25.8. The molecule has 0 amide bonds. The molecule has 3 atom stereocenters. The van der Waals surface area contributed by atoms with E-state index in [2.05, 4.69) is 20.8 Å².